The molecule has 0 saturated heterocycles. The second-order valence-electron chi connectivity index (χ2n) is 4.84. The average Bonchev–Trinajstić information content (AvgIpc) is 2.38. The van der Waals surface area contributed by atoms with Gasteiger partial charge in [-0.3, -0.25) is 0 Å². The van der Waals surface area contributed by atoms with E-state index in [4.69, 9.17) is 0 Å². The quantitative estimate of drug-likeness (QED) is 0.830. The second-order valence-corrected chi connectivity index (χ2v) is 4.84. The molecule has 1 N–H and O–H groups in total. The van der Waals surface area contributed by atoms with E-state index in [1.54, 1.807) is 0 Å². The number of fused-ring (bicyclic) bond motifs is 1. The van der Waals surface area contributed by atoms with Gasteiger partial charge >= 0.3 is 0 Å². The minimum Gasteiger partial charge on any atom is -0.312 e. The van der Waals surface area contributed by atoms with E-state index < -0.39 is 0 Å². The molecule has 1 aromatic carbocycles. The summed E-state index contributed by atoms with van der Waals surface area (Å²) >= 11 is 0. The molecule has 18 heavy (non-hydrogen) atoms. The highest BCUT2D eigenvalue weighted by Gasteiger charge is 2.17. The van der Waals surface area contributed by atoms with Crippen LogP contribution in [0.25, 0.3) is 11.3 Å². The van der Waals surface area contributed by atoms with Gasteiger partial charge in [0.1, 0.15) is 5.82 Å². The van der Waals surface area contributed by atoms with Crippen LogP contribution in [0, 0.1) is 13.8 Å². The van der Waals surface area contributed by atoms with Crippen molar-refractivity contribution in [2.45, 2.75) is 26.8 Å². The number of nitrogens with zero attached hydrogens (tertiary/aromatic N) is 2. The topological polar surface area (TPSA) is 37.8 Å². The molecule has 0 radical (unpaired) electrons. The molecular formula is C15H17N3. The molecule has 0 fully saturated rings. The summed E-state index contributed by atoms with van der Waals surface area (Å²) in [4.78, 5) is 9.20. The van der Waals surface area contributed by atoms with E-state index in [0.717, 1.165) is 31.0 Å². The highest BCUT2D eigenvalue weighted by molar-refractivity contribution is 5.64. The van der Waals surface area contributed by atoms with Gasteiger partial charge in [0, 0.05) is 30.6 Å². The lowest BCUT2D eigenvalue weighted by atomic mass is 9.99. The maximum atomic E-state index is 4.64. The molecule has 0 unspecified atom stereocenters. The largest absolute Gasteiger partial charge is 0.312 e. The minimum atomic E-state index is 0.867. The number of hydrogen-bond acceptors (Lipinski definition) is 3. The predicted molar refractivity (Wildman–Crippen MR) is 72.4 cm³/mol. The zero-order valence-corrected chi connectivity index (χ0v) is 10.8. The Labute approximate surface area is 107 Å². The van der Waals surface area contributed by atoms with Gasteiger partial charge in [-0.25, -0.2) is 9.97 Å². The Hall–Kier alpha value is -1.74. The van der Waals surface area contributed by atoms with Crippen molar-refractivity contribution in [3.63, 3.8) is 0 Å². The van der Waals surface area contributed by atoms with Gasteiger partial charge in [0.2, 0.25) is 0 Å². The minimum absolute atomic E-state index is 0.867. The van der Waals surface area contributed by atoms with Crippen molar-refractivity contribution >= 4 is 0 Å². The molecular weight excluding hydrogens is 222 g/mol. The zero-order chi connectivity index (χ0) is 12.5. The van der Waals surface area contributed by atoms with Crippen molar-refractivity contribution in [1.82, 2.24) is 15.3 Å². The molecule has 3 heteroatoms. The van der Waals surface area contributed by atoms with Crippen LogP contribution >= 0.6 is 0 Å². The number of hydrogen-bond donors (Lipinski definition) is 1. The second kappa shape index (κ2) is 4.50. The first-order valence-electron chi connectivity index (χ1n) is 6.38. The fraction of sp³-hybridized carbons (Fsp3) is 0.333. The standard InChI is InChI=1S/C15H17N3/c1-10-3-5-12(6-4-10)15-13-9-16-8-7-14(13)17-11(2)18-15/h3-6,16H,7-9H2,1-2H3. The molecule has 1 aliphatic rings. The monoisotopic (exact) mass is 239 g/mol. The van der Waals surface area contributed by atoms with Crippen molar-refractivity contribution in [1.29, 1.82) is 0 Å². The van der Waals surface area contributed by atoms with Crippen LogP contribution in [-0.2, 0) is 13.0 Å². The normalized spacial score (nSPS) is 14.3. The summed E-state index contributed by atoms with van der Waals surface area (Å²) in [7, 11) is 0. The number of nitrogens with one attached hydrogen (secondary N) is 1. The summed E-state index contributed by atoms with van der Waals surface area (Å²) in [5.41, 5.74) is 6.01. The van der Waals surface area contributed by atoms with Gasteiger partial charge in [-0.1, -0.05) is 29.8 Å². The number of aryl methyl sites for hydroxylation is 2. The Bertz CT molecular complexity index is 573. The first kappa shape index (κ1) is 11.4. The van der Waals surface area contributed by atoms with E-state index in [0.29, 0.717) is 0 Å². The van der Waals surface area contributed by atoms with Crippen molar-refractivity contribution in [3.05, 3.63) is 46.9 Å². The van der Waals surface area contributed by atoms with Crippen LogP contribution in [-0.4, -0.2) is 16.5 Å². The smallest absolute Gasteiger partial charge is 0.126 e. The molecule has 0 aliphatic carbocycles. The van der Waals surface area contributed by atoms with Crippen LogP contribution in [0.2, 0.25) is 0 Å². The van der Waals surface area contributed by atoms with Crippen molar-refractivity contribution < 1.29 is 0 Å². The molecule has 92 valence electrons. The molecule has 0 atom stereocenters. The third-order valence-electron chi connectivity index (χ3n) is 3.37. The molecule has 1 aliphatic heterocycles. The summed E-state index contributed by atoms with van der Waals surface area (Å²) in [5.74, 6) is 0.867. The van der Waals surface area contributed by atoms with Crippen molar-refractivity contribution in [2.75, 3.05) is 6.54 Å². The number of rotatable bonds is 1. The molecule has 0 saturated carbocycles. The van der Waals surface area contributed by atoms with Gasteiger partial charge in [0.05, 0.1) is 11.4 Å². The third-order valence-corrected chi connectivity index (χ3v) is 3.37. The van der Waals surface area contributed by atoms with Crippen LogP contribution in [0.4, 0.5) is 0 Å². The maximum Gasteiger partial charge on any atom is 0.126 e. The molecule has 0 amide bonds. The van der Waals surface area contributed by atoms with Crippen LogP contribution in [0.1, 0.15) is 22.6 Å². The summed E-state index contributed by atoms with van der Waals surface area (Å²) in [6.07, 6.45) is 0.998. The number of aromatic nitrogens is 2. The van der Waals surface area contributed by atoms with E-state index in [1.807, 2.05) is 6.92 Å². The van der Waals surface area contributed by atoms with Crippen molar-refractivity contribution in [3.8, 4) is 11.3 Å². The average molecular weight is 239 g/mol. The molecule has 3 nitrogen and oxygen atoms in total. The Morgan fingerprint density at radius 2 is 1.83 bits per heavy atom. The first-order valence-corrected chi connectivity index (χ1v) is 6.38. The Morgan fingerprint density at radius 1 is 1.06 bits per heavy atom. The Morgan fingerprint density at radius 3 is 2.61 bits per heavy atom. The maximum absolute atomic E-state index is 4.64. The van der Waals surface area contributed by atoms with Crippen LogP contribution in [0.3, 0.4) is 0 Å². The van der Waals surface area contributed by atoms with Gasteiger partial charge in [0.25, 0.3) is 0 Å². The summed E-state index contributed by atoms with van der Waals surface area (Å²) in [5, 5.41) is 3.40. The highest BCUT2D eigenvalue weighted by Crippen LogP contribution is 2.25. The Kier molecular flexibility index (Phi) is 2.84. The van der Waals surface area contributed by atoms with E-state index in [2.05, 4.69) is 46.5 Å². The van der Waals surface area contributed by atoms with Gasteiger partial charge in [-0.05, 0) is 13.8 Å². The fourth-order valence-corrected chi connectivity index (χ4v) is 2.42. The van der Waals surface area contributed by atoms with E-state index in [-0.39, 0.29) is 0 Å². The van der Waals surface area contributed by atoms with Gasteiger partial charge < -0.3 is 5.32 Å². The first-order chi connectivity index (χ1) is 8.74. The third kappa shape index (κ3) is 2.02. The predicted octanol–water partition coefficient (Wildman–Crippen LogP) is 2.41. The molecule has 1 aromatic heterocycles. The van der Waals surface area contributed by atoms with Crippen LogP contribution in [0.5, 0.6) is 0 Å². The van der Waals surface area contributed by atoms with Gasteiger partial charge in [-0.2, -0.15) is 0 Å². The Balaban J connectivity index is 2.16. The SMILES string of the molecule is Cc1ccc(-c2nc(C)nc3c2CNCC3)cc1. The fourth-order valence-electron chi connectivity index (χ4n) is 2.42. The lowest BCUT2D eigenvalue weighted by Gasteiger charge is -2.19. The molecule has 0 bridgehead atoms. The van der Waals surface area contributed by atoms with E-state index >= 15 is 0 Å². The van der Waals surface area contributed by atoms with E-state index in [1.165, 1.54) is 22.4 Å². The number of benzene rings is 1. The molecule has 2 aromatic rings. The molecule has 2 heterocycles. The van der Waals surface area contributed by atoms with Gasteiger partial charge in [0.15, 0.2) is 0 Å². The van der Waals surface area contributed by atoms with Crippen LogP contribution in [0.15, 0.2) is 24.3 Å². The lowest BCUT2D eigenvalue weighted by molar-refractivity contribution is 0.624. The molecule has 3 rings (SSSR count). The van der Waals surface area contributed by atoms with Gasteiger partial charge in [-0.15, -0.1) is 0 Å². The van der Waals surface area contributed by atoms with Crippen LogP contribution < -0.4 is 5.32 Å². The molecule has 0 spiro atoms. The summed E-state index contributed by atoms with van der Waals surface area (Å²) in [6, 6.07) is 8.56. The summed E-state index contributed by atoms with van der Waals surface area (Å²) in [6.45, 7) is 5.96. The zero-order valence-electron chi connectivity index (χ0n) is 10.8. The van der Waals surface area contributed by atoms with Crippen molar-refractivity contribution in [2.24, 2.45) is 0 Å². The van der Waals surface area contributed by atoms with E-state index in [9.17, 15) is 0 Å². The highest BCUT2D eigenvalue weighted by atomic mass is 14.9. The summed E-state index contributed by atoms with van der Waals surface area (Å²) < 4.78 is 0. The lowest BCUT2D eigenvalue weighted by Crippen LogP contribution is -2.26.